The van der Waals surface area contributed by atoms with E-state index in [1.807, 2.05) is 39.0 Å². The van der Waals surface area contributed by atoms with Gasteiger partial charge in [-0.3, -0.25) is 14.5 Å². The van der Waals surface area contributed by atoms with Crippen LogP contribution in [0.25, 0.3) is 0 Å². The van der Waals surface area contributed by atoms with Crippen LogP contribution >= 0.6 is 0 Å². The van der Waals surface area contributed by atoms with E-state index in [-0.39, 0.29) is 42.8 Å². The zero-order chi connectivity index (χ0) is 27.9. The van der Waals surface area contributed by atoms with E-state index < -0.39 is 17.7 Å². The minimum atomic E-state index is -1.12. The molecule has 4 atom stereocenters. The van der Waals surface area contributed by atoms with Crippen LogP contribution in [-0.2, 0) is 11.3 Å². The Morgan fingerprint density at radius 3 is 2.74 bits per heavy atom. The molecule has 0 fully saturated rings. The second-order valence-electron chi connectivity index (χ2n) is 11.3. The number of nitrogens with one attached hydrogen (secondary N) is 1. The number of rotatable bonds is 3. The molecule has 6 bridgehead atoms. The van der Waals surface area contributed by atoms with Gasteiger partial charge in [0, 0.05) is 35.4 Å². The molecule has 39 heavy (non-hydrogen) atoms. The Bertz CT molecular complexity index is 1310. The molecule has 6 rings (SSSR count). The first kappa shape index (κ1) is 27.0. The Morgan fingerprint density at radius 1 is 1.23 bits per heavy atom. The molecule has 0 aliphatic carbocycles. The van der Waals surface area contributed by atoms with Gasteiger partial charge in [-0.1, -0.05) is 6.07 Å². The van der Waals surface area contributed by atoms with Crippen LogP contribution in [0.15, 0.2) is 41.4 Å². The first-order valence-electron chi connectivity index (χ1n) is 13.7. The summed E-state index contributed by atoms with van der Waals surface area (Å²) in [5.41, 5.74) is 8.55. The Morgan fingerprint density at radius 2 is 2.03 bits per heavy atom. The second-order valence-corrected chi connectivity index (χ2v) is 11.3. The van der Waals surface area contributed by atoms with Crippen molar-refractivity contribution in [3.8, 4) is 11.5 Å². The highest BCUT2D eigenvalue weighted by Gasteiger charge is 2.36. The highest BCUT2D eigenvalue weighted by atomic mass is 19.1. The third-order valence-corrected chi connectivity index (χ3v) is 7.84. The Labute approximate surface area is 228 Å². The summed E-state index contributed by atoms with van der Waals surface area (Å²) >= 11 is 0. The Kier molecular flexibility index (Phi) is 7.27. The Hall–Kier alpha value is -3.62. The number of nitrogens with two attached hydrogens (primary N) is 1. The van der Waals surface area contributed by atoms with Gasteiger partial charge in [0.15, 0.2) is 5.96 Å². The van der Waals surface area contributed by atoms with Crippen LogP contribution in [0.5, 0.6) is 11.5 Å². The number of halogens is 1. The van der Waals surface area contributed by atoms with E-state index in [1.54, 1.807) is 25.1 Å². The molecule has 4 aliphatic heterocycles. The lowest BCUT2D eigenvalue weighted by atomic mass is 9.84. The van der Waals surface area contributed by atoms with Crippen molar-refractivity contribution < 1.29 is 23.5 Å². The van der Waals surface area contributed by atoms with Gasteiger partial charge in [-0.05, 0) is 76.4 Å². The van der Waals surface area contributed by atoms with Crippen molar-refractivity contribution in [3.05, 3.63) is 58.7 Å². The quantitative estimate of drug-likeness (QED) is 0.588. The van der Waals surface area contributed by atoms with Gasteiger partial charge in [-0.2, -0.15) is 0 Å². The van der Waals surface area contributed by atoms with Crippen molar-refractivity contribution in [1.29, 1.82) is 0 Å². The first-order chi connectivity index (χ1) is 18.5. The maximum Gasteiger partial charge on any atom is 0.251 e. The number of amides is 2. The smallest absolute Gasteiger partial charge is 0.251 e. The molecule has 8 nitrogen and oxygen atoms in total. The van der Waals surface area contributed by atoms with Crippen LogP contribution in [0, 0.1) is 0 Å². The van der Waals surface area contributed by atoms with Crippen molar-refractivity contribution in [2.75, 3.05) is 6.61 Å². The van der Waals surface area contributed by atoms with Crippen LogP contribution in [0.4, 0.5) is 4.39 Å². The van der Waals surface area contributed by atoms with Gasteiger partial charge in [0.2, 0.25) is 5.91 Å². The molecule has 208 valence electrons. The molecule has 0 saturated carbocycles. The lowest BCUT2D eigenvalue weighted by Crippen LogP contribution is -2.46. The summed E-state index contributed by atoms with van der Waals surface area (Å²) in [5, 5.41) is 3.19. The number of fused-ring (bicyclic) bond motifs is 4. The van der Waals surface area contributed by atoms with Gasteiger partial charge in [0.25, 0.3) is 5.91 Å². The summed E-state index contributed by atoms with van der Waals surface area (Å²) in [5.74, 6) is 0.577. The highest BCUT2D eigenvalue weighted by molar-refractivity contribution is 5.99. The largest absolute Gasteiger partial charge is 0.494 e. The van der Waals surface area contributed by atoms with E-state index in [2.05, 4.69) is 10.3 Å². The van der Waals surface area contributed by atoms with E-state index in [0.29, 0.717) is 48.5 Å². The molecule has 2 aromatic rings. The maximum absolute atomic E-state index is 15.0. The summed E-state index contributed by atoms with van der Waals surface area (Å²) in [6, 6.07) is 10.3. The van der Waals surface area contributed by atoms with Gasteiger partial charge in [0.1, 0.15) is 23.3 Å². The predicted octanol–water partition coefficient (Wildman–Crippen LogP) is 4.77. The number of ether oxygens (including phenoxy) is 2. The Balaban J connectivity index is 1.61. The van der Waals surface area contributed by atoms with E-state index in [1.165, 1.54) is 4.90 Å². The van der Waals surface area contributed by atoms with Crippen LogP contribution < -0.4 is 20.5 Å². The maximum atomic E-state index is 15.0. The molecule has 2 amide bonds. The van der Waals surface area contributed by atoms with E-state index in [9.17, 15) is 14.0 Å². The van der Waals surface area contributed by atoms with Crippen LogP contribution in [0.2, 0.25) is 0 Å². The summed E-state index contributed by atoms with van der Waals surface area (Å²) in [6.45, 7) is 7.98. The topological polar surface area (TPSA) is 106 Å². The molecule has 4 aliphatic rings. The number of guanidine groups is 1. The van der Waals surface area contributed by atoms with Crippen molar-refractivity contribution in [2.24, 2.45) is 10.7 Å². The monoisotopic (exact) mass is 536 g/mol. The molecule has 9 heteroatoms. The van der Waals surface area contributed by atoms with Crippen LogP contribution in [0.1, 0.15) is 92.4 Å². The third kappa shape index (κ3) is 5.58. The lowest BCUT2D eigenvalue weighted by Gasteiger charge is -2.38. The second kappa shape index (κ2) is 10.5. The van der Waals surface area contributed by atoms with Crippen molar-refractivity contribution >= 4 is 17.8 Å². The van der Waals surface area contributed by atoms with Crippen LogP contribution in [0.3, 0.4) is 0 Å². The fourth-order valence-corrected chi connectivity index (χ4v) is 5.90. The zero-order valence-electron chi connectivity index (χ0n) is 23.0. The third-order valence-electron chi connectivity index (χ3n) is 7.84. The molecule has 4 unspecified atom stereocenters. The van der Waals surface area contributed by atoms with E-state index in [4.69, 9.17) is 15.2 Å². The molecular weight excluding hydrogens is 499 g/mol. The number of nitrogens with zero attached hydrogens (tertiary/aromatic N) is 2. The molecule has 0 saturated heterocycles. The molecule has 0 spiro atoms. The van der Waals surface area contributed by atoms with Gasteiger partial charge < -0.3 is 20.5 Å². The lowest BCUT2D eigenvalue weighted by molar-refractivity contribution is -0.129. The standard InChI is InChI=1S/C30H37FN4O4/c1-5-38-25-10-7-19-12-20(25)16-35-27(36)14-21(33-29(35)32)8-9-22(17(2)31)18-6-11-26-23(13-18)24(34-28(19)37)15-30(3,4)39-26/h6-7,10-13,17,21-22,24H,5,8-9,14-16H2,1-4H3,(H2,32,33)(H,34,37). The molecule has 0 radical (unpaired) electrons. The number of carbonyl (C=O) groups is 2. The minimum absolute atomic E-state index is 0.125. The minimum Gasteiger partial charge on any atom is -0.494 e. The van der Waals surface area contributed by atoms with E-state index in [0.717, 1.165) is 11.1 Å². The summed E-state index contributed by atoms with van der Waals surface area (Å²) in [7, 11) is 0. The number of aliphatic imine (C=N–C) groups is 1. The summed E-state index contributed by atoms with van der Waals surface area (Å²) in [6.07, 6.45) is 0.662. The number of carbonyl (C=O) groups excluding carboxylic acids is 2. The molecule has 3 N–H and O–H groups in total. The first-order valence-corrected chi connectivity index (χ1v) is 13.7. The van der Waals surface area contributed by atoms with Crippen molar-refractivity contribution in [3.63, 3.8) is 0 Å². The number of benzene rings is 2. The highest BCUT2D eigenvalue weighted by Crippen LogP contribution is 2.42. The van der Waals surface area contributed by atoms with Crippen molar-refractivity contribution in [2.45, 2.75) is 89.7 Å². The number of alkyl halides is 1. The van der Waals surface area contributed by atoms with Gasteiger partial charge >= 0.3 is 0 Å². The zero-order valence-corrected chi connectivity index (χ0v) is 23.0. The van der Waals surface area contributed by atoms with Crippen LogP contribution in [-0.4, -0.2) is 47.1 Å². The average Bonchev–Trinajstić information content (AvgIpc) is 2.86. The fraction of sp³-hybridized carbons (Fsp3) is 0.500. The fourth-order valence-electron chi connectivity index (χ4n) is 5.90. The van der Waals surface area contributed by atoms with Crippen molar-refractivity contribution in [1.82, 2.24) is 10.2 Å². The molecule has 2 aromatic carbocycles. The number of hydrogen-bond acceptors (Lipinski definition) is 6. The van der Waals surface area contributed by atoms with Gasteiger partial charge in [-0.25, -0.2) is 9.38 Å². The molecular formula is C30H37FN4O4. The van der Waals surface area contributed by atoms with Gasteiger partial charge in [0.05, 0.1) is 25.2 Å². The summed E-state index contributed by atoms with van der Waals surface area (Å²) < 4.78 is 27.0. The van der Waals surface area contributed by atoms with E-state index >= 15 is 0 Å². The number of hydrogen-bond donors (Lipinski definition) is 2. The predicted molar refractivity (Wildman–Crippen MR) is 147 cm³/mol. The normalized spacial score (nSPS) is 25.2. The molecule has 4 heterocycles. The molecule has 0 aromatic heterocycles. The van der Waals surface area contributed by atoms with Gasteiger partial charge in [-0.15, -0.1) is 0 Å². The summed E-state index contributed by atoms with van der Waals surface area (Å²) in [4.78, 5) is 32.8. The SMILES string of the molecule is CCOc1ccc2cc1CN1C(=O)CC(CCC(C(C)F)c3ccc4c(c3)C(CC(C)(C)O4)NC2=O)N=C1N. The average molecular weight is 537 g/mol.